The first-order valence-electron chi connectivity index (χ1n) is 8.54. The highest BCUT2D eigenvalue weighted by molar-refractivity contribution is 5.90. The predicted octanol–water partition coefficient (Wildman–Crippen LogP) is 2.04. The van der Waals surface area contributed by atoms with Gasteiger partial charge in [-0.25, -0.2) is 9.48 Å². The van der Waals surface area contributed by atoms with E-state index in [1.165, 1.54) is 19.1 Å². The summed E-state index contributed by atoms with van der Waals surface area (Å²) in [6, 6.07) is 9.87. The van der Waals surface area contributed by atoms with Gasteiger partial charge < -0.3 is 10.1 Å². The summed E-state index contributed by atoms with van der Waals surface area (Å²) in [5, 5.41) is 10.7. The van der Waals surface area contributed by atoms with Crippen molar-refractivity contribution in [3.63, 3.8) is 0 Å². The zero-order valence-electron chi connectivity index (χ0n) is 15.3. The van der Waals surface area contributed by atoms with Crippen molar-refractivity contribution < 1.29 is 14.3 Å². The maximum absolute atomic E-state index is 11.8. The number of aromatic nitrogens is 3. The van der Waals surface area contributed by atoms with Gasteiger partial charge in [-0.05, 0) is 24.5 Å². The van der Waals surface area contributed by atoms with Crippen LogP contribution in [0.4, 0.5) is 0 Å². The monoisotopic (exact) mass is 356 g/mol. The van der Waals surface area contributed by atoms with Gasteiger partial charge in [0.05, 0.1) is 12.7 Å². The molecule has 7 nitrogen and oxygen atoms in total. The number of hydrogen-bond donors (Lipinski definition) is 1. The minimum Gasteiger partial charge on any atom is -0.449 e. The number of carbonyl (C=O) groups is 2. The van der Waals surface area contributed by atoms with Crippen molar-refractivity contribution in [2.75, 3.05) is 6.54 Å². The number of amides is 1. The molecule has 7 heteroatoms. The first kappa shape index (κ1) is 19.4. The highest BCUT2D eigenvalue weighted by atomic mass is 16.5. The van der Waals surface area contributed by atoms with E-state index in [0.29, 0.717) is 24.7 Å². The van der Waals surface area contributed by atoms with Crippen LogP contribution < -0.4 is 5.32 Å². The third kappa shape index (κ3) is 6.51. The largest absolute Gasteiger partial charge is 0.449 e. The summed E-state index contributed by atoms with van der Waals surface area (Å²) in [6.45, 7) is 6.66. The number of nitrogens with one attached hydrogen (secondary N) is 1. The Morgan fingerprint density at radius 2 is 1.96 bits per heavy atom. The van der Waals surface area contributed by atoms with E-state index in [1.807, 2.05) is 44.2 Å². The summed E-state index contributed by atoms with van der Waals surface area (Å²) in [6.07, 6.45) is 3.63. The molecule has 0 radical (unpaired) electrons. The van der Waals surface area contributed by atoms with Crippen LogP contribution in [0.1, 0.15) is 32.0 Å². The van der Waals surface area contributed by atoms with Crippen molar-refractivity contribution >= 4 is 18.0 Å². The molecule has 1 N–H and O–H groups in total. The van der Waals surface area contributed by atoms with E-state index in [4.69, 9.17) is 4.74 Å². The van der Waals surface area contributed by atoms with Crippen molar-refractivity contribution in [3.05, 3.63) is 53.9 Å². The number of esters is 1. The van der Waals surface area contributed by atoms with Gasteiger partial charge in [0.25, 0.3) is 5.91 Å². The summed E-state index contributed by atoms with van der Waals surface area (Å²) in [5.41, 5.74) is 1.64. The summed E-state index contributed by atoms with van der Waals surface area (Å²) in [7, 11) is 0. The summed E-state index contributed by atoms with van der Waals surface area (Å²) in [4.78, 5) is 23.6. The van der Waals surface area contributed by atoms with Crippen molar-refractivity contribution in [1.29, 1.82) is 0 Å². The second kappa shape index (κ2) is 9.50. The lowest BCUT2D eigenvalue weighted by molar-refractivity contribution is -0.150. The zero-order chi connectivity index (χ0) is 18.9. The molecule has 1 aromatic heterocycles. The van der Waals surface area contributed by atoms with Crippen LogP contribution in [-0.4, -0.2) is 39.5 Å². The van der Waals surface area contributed by atoms with Crippen molar-refractivity contribution in [2.45, 2.75) is 33.4 Å². The van der Waals surface area contributed by atoms with Crippen molar-refractivity contribution in [2.24, 2.45) is 5.92 Å². The fourth-order valence-electron chi connectivity index (χ4n) is 2.11. The SMILES string of the molecule is CC(C)CNC(=O)[C@H](C)OC(=O)/C=C/c1cn(Cc2ccccc2)nn1. The molecule has 138 valence electrons. The minimum absolute atomic E-state index is 0.311. The fourth-order valence-corrected chi connectivity index (χ4v) is 2.11. The number of hydrogen-bond acceptors (Lipinski definition) is 5. The van der Waals surface area contributed by atoms with Crippen LogP contribution in [-0.2, 0) is 20.9 Å². The van der Waals surface area contributed by atoms with Gasteiger partial charge in [-0.15, -0.1) is 5.10 Å². The Morgan fingerprint density at radius 1 is 1.23 bits per heavy atom. The van der Waals surface area contributed by atoms with Crippen molar-refractivity contribution in [1.82, 2.24) is 20.3 Å². The van der Waals surface area contributed by atoms with Gasteiger partial charge in [-0.2, -0.15) is 0 Å². The molecule has 2 rings (SSSR count). The molecule has 26 heavy (non-hydrogen) atoms. The lowest BCUT2D eigenvalue weighted by Gasteiger charge is -2.13. The van der Waals surface area contributed by atoms with Gasteiger partial charge in [0.1, 0.15) is 5.69 Å². The molecule has 0 aliphatic carbocycles. The number of ether oxygens (including phenoxy) is 1. The van der Waals surface area contributed by atoms with Crippen LogP contribution in [0, 0.1) is 5.92 Å². The van der Waals surface area contributed by atoms with E-state index in [2.05, 4.69) is 15.6 Å². The normalized spacial score (nSPS) is 12.3. The highest BCUT2D eigenvalue weighted by Gasteiger charge is 2.16. The maximum atomic E-state index is 11.8. The maximum Gasteiger partial charge on any atom is 0.331 e. The third-order valence-electron chi connectivity index (χ3n) is 3.48. The van der Waals surface area contributed by atoms with Gasteiger partial charge in [0, 0.05) is 12.6 Å². The van der Waals surface area contributed by atoms with E-state index >= 15 is 0 Å². The Labute approximate surface area is 153 Å². The lowest BCUT2D eigenvalue weighted by Crippen LogP contribution is -2.37. The molecule has 1 atom stereocenters. The second-order valence-electron chi connectivity index (χ2n) is 6.38. The van der Waals surface area contributed by atoms with Crippen LogP contribution in [0.2, 0.25) is 0 Å². The molecule has 1 amide bonds. The van der Waals surface area contributed by atoms with Crippen LogP contribution in [0.25, 0.3) is 6.08 Å². The summed E-state index contributed by atoms with van der Waals surface area (Å²) < 4.78 is 6.76. The Morgan fingerprint density at radius 3 is 2.65 bits per heavy atom. The molecule has 1 heterocycles. The van der Waals surface area contributed by atoms with Gasteiger partial charge >= 0.3 is 5.97 Å². The molecule has 1 aromatic carbocycles. The van der Waals surface area contributed by atoms with E-state index in [0.717, 1.165) is 5.56 Å². The van der Waals surface area contributed by atoms with E-state index in [-0.39, 0.29) is 5.91 Å². The molecule has 0 bridgehead atoms. The minimum atomic E-state index is -0.848. The van der Waals surface area contributed by atoms with E-state index in [9.17, 15) is 9.59 Å². The zero-order valence-corrected chi connectivity index (χ0v) is 15.3. The predicted molar refractivity (Wildman–Crippen MR) is 98.0 cm³/mol. The van der Waals surface area contributed by atoms with E-state index in [1.54, 1.807) is 10.9 Å². The first-order valence-corrected chi connectivity index (χ1v) is 8.54. The average Bonchev–Trinajstić information content (AvgIpc) is 3.06. The first-order chi connectivity index (χ1) is 12.4. The molecule has 0 spiro atoms. The smallest absolute Gasteiger partial charge is 0.331 e. The Hall–Kier alpha value is -2.96. The molecule has 0 fully saturated rings. The quantitative estimate of drug-likeness (QED) is 0.578. The number of benzene rings is 1. The molecule has 0 saturated heterocycles. The van der Waals surface area contributed by atoms with Crippen LogP contribution in [0.3, 0.4) is 0 Å². The molecule has 0 unspecified atom stereocenters. The summed E-state index contributed by atoms with van der Waals surface area (Å²) in [5.74, 6) is -0.579. The standard InChI is InChI=1S/C19H24N4O3/c1-14(2)11-20-19(25)15(3)26-18(24)10-9-17-13-23(22-21-17)12-16-7-5-4-6-8-16/h4-10,13-15H,11-12H2,1-3H3,(H,20,25)/b10-9+/t15-/m0/s1. The molecule has 0 saturated carbocycles. The van der Waals surface area contributed by atoms with Gasteiger partial charge in [0.2, 0.25) is 0 Å². The van der Waals surface area contributed by atoms with Gasteiger partial charge in [-0.3, -0.25) is 4.79 Å². The number of carbonyl (C=O) groups excluding carboxylic acids is 2. The van der Waals surface area contributed by atoms with Gasteiger partial charge in [0.15, 0.2) is 6.10 Å². The molecule has 0 aliphatic rings. The van der Waals surface area contributed by atoms with Crippen LogP contribution in [0.15, 0.2) is 42.6 Å². The van der Waals surface area contributed by atoms with Gasteiger partial charge in [-0.1, -0.05) is 49.4 Å². The Bertz CT molecular complexity index is 753. The highest BCUT2D eigenvalue weighted by Crippen LogP contribution is 2.04. The third-order valence-corrected chi connectivity index (χ3v) is 3.48. The summed E-state index contributed by atoms with van der Waals surface area (Å²) >= 11 is 0. The lowest BCUT2D eigenvalue weighted by atomic mass is 10.2. The number of rotatable bonds is 8. The van der Waals surface area contributed by atoms with Crippen molar-refractivity contribution in [3.8, 4) is 0 Å². The molecule has 2 aromatic rings. The second-order valence-corrected chi connectivity index (χ2v) is 6.38. The van der Waals surface area contributed by atoms with Crippen LogP contribution in [0.5, 0.6) is 0 Å². The number of nitrogens with zero attached hydrogens (tertiary/aromatic N) is 3. The van der Waals surface area contributed by atoms with E-state index < -0.39 is 12.1 Å². The average molecular weight is 356 g/mol. The Kier molecular flexibility index (Phi) is 7.08. The fraction of sp³-hybridized carbons (Fsp3) is 0.368. The van der Waals surface area contributed by atoms with Crippen LogP contribution >= 0.6 is 0 Å². The molecular weight excluding hydrogens is 332 g/mol. The molecule has 0 aliphatic heterocycles. The molecular formula is C19H24N4O3. The topological polar surface area (TPSA) is 86.1 Å². The Balaban J connectivity index is 1.83.